The molecule has 0 N–H and O–H groups in total. The first-order valence-electron chi connectivity index (χ1n) is 23.0. The quantitative estimate of drug-likeness (QED) is 0.0327. The molecule has 2 aliphatic heterocycles. The molecule has 0 radical (unpaired) electrons. The summed E-state index contributed by atoms with van der Waals surface area (Å²) in [7, 11) is 1.55. The zero-order valence-electron chi connectivity index (χ0n) is 38.2. The van der Waals surface area contributed by atoms with Crippen molar-refractivity contribution in [2.75, 3.05) is 20.3 Å². The SMILES string of the molecule is CO[C@@H]1O[C@H](COCc2ccccc2)[C@@H](OCc2ccccc2)[C@H](OCc2ccccc2)[C@H]1O[C@@H]1O[C@H](COCc2ccccc2)[C@@H](OCc2ccccc2)[C@H](OCc2ccccc2)[C@H]1N=[N+]=[N-]. The molecule has 13 heteroatoms. The van der Waals surface area contributed by atoms with Crippen LogP contribution in [0.4, 0.5) is 0 Å². The van der Waals surface area contributed by atoms with E-state index in [0.29, 0.717) is 13.2 Å². The van der Waals surface area contributed by atoms with Gasteiger partial charge in [0.05, 0.1) is 52.9 Å². The van der Waals surface area contributed by atoms with E-state index in [1.54, 1.807) is 7.11 Å². The number of methoxy groups -OCH3 is 1. The Morgan fingerprint density at radius 1 is 0.412 bits per heavy atom. The summed E-state index contributed by atoms with van der Waals surface area (Å²) in [6.45, 7) is 1.80. The number of rotatable bonds is 24. The summed E-state index contributed by atoms with van der Waals surface area (Å²) in [6.07, 6.45) is -7.91. The first-order valence-corrected chi connectivity index (χ1v) is 23.0. The highest BCUT2D eigenvalue weighted by Crippen LogP contribution is 2.36. The standard InChI is InChI=1S/C55H59N3O10/c1-59-55-53(52(65-37-45-30-18-7-19-31-45)50(63-35-43-26-14-5-15-27-43)47(67-55)39-61-33-41-22-10-3-11-23-41)68-54-48(57-58-56)51(64-36-44-28-16-6-17-29-44)49(62-34-42-24-12-4-13-25-42)46(66-54)38-60-32-40-20-8-2-9-21-40/h2-31,46-55H,32-39H2,1H3/t46-,47-,48-,49-,50-,51-,52+,53-,54+,55-/m1/s1. The molecule has 2 aliphatic rings. The predicted molar refractivity (Wildman–Crippen MR) is 254 cm³/mol. The van der Waals surface area contributed by atoms with E-state index >= 15 is 0 Å². The molecule has 0 bridgehead atoms. The van der Waals surface area contributed by atoms with Gasteiger partial charge in [-0.2, -0.15) is 0 Å². The monoisotopic (exact) mass is 921 g/mol. The molecule has 0 unspecified atom stereocenters. The lowest BCUT2D eigenvalue weighted by Gasteiger charge is -2.49. The van der Waals surface area contributed by atoms with Gasteiger partial charge < -0.3 is 47.4 Å². The normalized spacial score (nSPS) is 24.8. The van der Waals surface area contributed by atoms with Crippen LogP contribution in [0.3, 0.4) is 0 Å². The van der Waals surface area contributed by atoms with Gasteiger partial charge in [-0.05, 0) is 38.9 Å². The van der Waals surface area contributed by atoms with Crippen molar-refractivity contribution in [3.63, 3.8) is 0 Å². The summed E-state index contributed by atoms with van der Waals surface area (Å²) in [6, 6.07) is 58.2. The largest absolute Gasteiger partial charge is 0.374 e. The smallest absolute Gasteiger partial charge is 0.186 e. The van der Waals surface area contributed by atoms with E-state index in [0.717, 1.165) is 33.4 Å². The van der Waals surface area contributed by atoms with Gasteiger partial charge in [0, 0.05) is 12.0 Å². The highest BCUT2D eigenvalue weighted by Gasteiger charge is 2.54. The molecule has 6 aromatic rings. The van der Waals surface area contributed by atoms with Gasteiger partial charge >= 0.3 is 0 Å². The first-order chi connectivity index (χ1) is 33.6. The van der Waals surface area contributed by atoms with Crippen LogP contribution in [0.1, 0.15) is 33.4 Å². The Hall–Kier alpha value is -5.77. The van der Waals surface area contributed by atoms with Gasteiger partial charge in [-0.15, -0.1) is 0 Å². The fraction of sp³-hybridized carbons (Fsp3) is 0.345. The summed E-state index contributed by atoms with van der Waals surface area (Å²) in [5.41, 5.74) is 16.0. The lowest BCUT2D eigenvalue weighted by atomic mass is 9.95. The molecule has 10 atom stereocenters. The third kappa shape index (κ3) is 13.9. The second-order valence-electron chi connectivity index (χ2n) is 16.7. The van der Waals surface area contributed by atoms with Gasteiger partial charge in [-0.25, -0.2) is 0 Å². The minimum Gasteiger partial charge on any atom is -0.374 e. The number of nitrogens with zero attached hydrogens (tertiary/aromatic N) is 3. The zero-order chi connectivity index (χ0) is 46.6. The summed E-state index contributed by atoms with van der Waals surface area (Å²) < 4.78 is 67.0. The van der Waals surface area contributed by atoms with E-state index in [-0.39, 0.29) is 39.6 Å². The molecule has 6 aromatic carbocycles. The highest BCUT2D eigenvalue weighted by atomic mass is 16.8. The molecule has 8 rings (SSSR count). The second kappa shape index (κ2) is 26.1. The van der Waals surface area contributed by atoms with Gasteiger partial charge in [0.1, 0.15) is 48.8 Å². The fourth-order valence-electron chi connectivity index (χ4n) is 8.41. The number of benzene rings is 6. The summed E-state index contributed by atoms with van der Waals surface area (Å²) in [5.74, 6) is 0. The third-order valence-electron chi connectivity index (χ3n) is 11.8. The number of azide groups is 1. The molecular weight excluding hydrogens is 863 g/mol. The van der Waals surface area contributed by atoms with Crippen molar-refractivity contribution in [1.29, 1.82) is 0 Å². The fourth-order valence-corrected chi connectivity index (χ4v) is 8.41. The zero-order valence-corrected chi connectivity index (χ0v) is 38.2. The Balaban J connectivity index is 1.14. The molecule has 0 saturated carbocycles. The average Bonchev–Trinajstić information content (AvgIpc) is 3.39. The van der Waals surface area contributed by atoms with Crippen LogP contribution < -0.4 is 0 Å². The number of hydrogen-bond donors (Lipinski definition) is 0. The van der Waals surface area contributed by atoms with Crippen LogP contribution in [0.2, 0.25) is 0 Å². The van der Waals surface area contributed by atoms with Crippen LogP contribution >= 0.6 is 0 Å². The van der Waals surface area contributed by atoms with Crippen LogP contribution in [0, 0.1) is 0 Å². The Kier molecular flexibility index (Phi) is 18.7. The molecule has 354 valence electrons. The van der Waals surface area contributed by atoms with E-state index in [1.807, 2.05) is 182 Å². The Bertz CT molecular complexity index is 2370. The second-order valence-corrected chi connectivity index (χ2v) is 16.7. The molecule has 0 aromatic heterocycles. The van der Waals surface area contributed by atoms with Crippen LogP contribution in [-0.2, 0) is 87.0 Å². The maximum Gasteiger partial charge on any atom is 0.186 e. The summed E-state index contributed by atoms with van der Waals surface area (Å²) in [4.78, 5) is 3.33. The Morgan fingerprint density at radius 2 is 0.735 bits per heavy atom. The van der Waals surface area contributed by atoms with Gasteiger partial charge in [0.2, 0.25) is 0 Å². The van der Waals surface area contributed by atoms with E-state index in [9.17, 15) is 5.53 Å². The van der Waals surface area contributed by atoms with Gasteiger partial charge in [0.15, 0.2) is 12.6 Å². The van der Waals surface area contributed by atoms with Crippen LogP contribution in [0.15, 0.2) is 187 Å². The maximum atomic E-state index is 10.3. The Morgan fingerprint density at radius 3 is 1.10 bits per heavy atom. The molecule has 0 aliphatic carbocycles. The van der Waals surface area contributed by atoms with E-state index in [2.05, 4.69) is 10.0 Å². The van der Waals surface area contributed by atoms with E-state index < -0.39 is 61.3 Å². The maximum absolute atomic E-state index is 10.3. The van der Waals surface area contributed by atoms with Crippen molar-refractivity contribution in [2.24, 2.45) is 5.11 Å². The van der Waals surface area contributed by atoms with E-state index in [4.69, 9.17) is 47.4 Å². The molecule has 68 heavy (non-hydrogen) atoms. The van der Waals surface area contributed by atoms with Gasteiger partial charge in [0.25, 0.3) is 0 Å². The van der Waals surface area contributed by atoms with Crippen molar-refractivity contribution >= 4 is 0 Å². The van der Waals surface area contributed by atoms with Crippen LogP contribution in [0.25, 0.3) is 10.4 Å². The van der Waals surface area contributed by atoms with Crippen molar-refractivity contribution < 1.29 is 47.4 Å². The Labute approximate surface area is 398 Å². The lowest BCUT2D eigenvalue weighted by Crippen LogP contribution is -2.65. The molecule has 2 fully saturated rings. The summed E-state index contributed by atoms with van der Waals surface area (Å²) in [5, 5.41) is 4.35. The van der Waals surface area contributed by atoms with Crippen molar-refractivity contribution in [1.82, 2.24) is 0 Å². The van der Waals surface area contributed by atoms with E-state index in [1.165, 1.54) is 0 Å². The summed E-state index contributed by atoms with van der Waals surface area (Å²) >= 11 is 0. The lowest BCUT2D eigenvalue weighted by molar-refractivity contribution is -0.364. The number of hydrogen-bond acceptors (Lipinski definition) is 11. The van der Waals surface area contributed by atoms with Gasteiger partial charge in [-0.3, -0.25) is 0 Å². The average molecular weight is 922 g/mol. The molecular formula is C55H59N3O10. The molecule has 13 nitrogen and oxygen atoms in total. The third-order valence-corrected chi connectivity index (χ3v) is 11.8. The topological polar surface area (TPSA) is 141 Å². The molecule has 2 heterocycles. The highest BCUT2D eigenvalue weighted by molar-refractivity contribution is 5.18. The number of ether oxygens (including phenoxy) is 10. The molecule has 2 saturated heterocycles. The van der Waals surface area contributed by atoms with Crippen molar-refractivity contribution in [3.8, 4) is 0 Å². The molecule has 0 spiro atoms. The minimum absolute atomic E-state index is 0.0921. The molecule has 0 amide bonds. The van der Waals surface area contributed by atoms with Crippen LogP contribution in [0.5, 0.6) is 0 Å². The van der Waals surface area contributed by atoms with Crippen LogP contribution in [-0.4, -0.2) is 81.7 Å². The predicted octanol–water partition coefficient (Wildman–Crippen LogP) is 9.92. The van der Waals surface area contributed by atoms with Gasteiger partial charge in [-0.1, -0.05) is 187 Å². The van der Waals surface area contributed by atoms with Crippen molar-refractivity contribution in [2.45, 2.75) is 101 Å². The van der Waals surface area contributed by atoms with Crippen molar-refractivity contribution in [3.05, 3.63) is 226 Å². The first kappa shape index (κ1) is 48.7. The minimum atomic E-state index is -1.23.